The van der Waals surface area contributed by atoms with Gasteiger partial charge in [-0.3, -0.25) is 19.4 Å². The minimum absolute atomic E-state index is 0.0895. The molecule has 2 rings (SSSR count). The number of nitrogens with one attached hydrogen (secondary N) is 1. The fourth-order valence-corrected chi connectivity index (χ4v) is 3.43. The van der Waals surface area contributed by atoms with E-state index < -0.39 is 36.2 Å². The molecule has 0 aromatic rings. The fourth-order valence-electron chi connectivity index (χ4n) is 2.54. The van der Waals surface area contributed by atoms with Crippen molar-refractivity contribution in [3.8, 4) is 0 Å². The normalized spacial score (nSPS) is 28.7. The van der Waals surface area contributed by atoms with Gasteiger partial charge in [0.25, 0.3) is 0 Å². The average molecular weight is 402 g/mol. The summed E-state index contributed by atoms with van der Waals surface area (Å²) < 4.78 is 21.8. The number of hydrogen-bond acceptors (Lipinski definition) is 10. The molecule has 1 fully saturated rings. The minimum atomic E-state index is -0.960. The van der Waals surface area contributed by atoms with E-state index in [4.69, 9.17) is 18.9 Å². The zero-order chi connectivity index (χ0) is 20.0. The van der Waals surface area contributed by atoms with Crippen molar-refractivity contribution in [2.24, 2.45) is 4.99 Å². The van der Waals surface area contributed by atoms with Crippen molar-refractivity contribution in [1.82, 2.24) is 5.32 Å². The first-order chi connectivity index (χ1) is 12.7. The predicted octanol–water partition coefficient (Wildman–Crippen LogP) is 0.999. The Kier molecular flexibility index (Phi) is 7.91. The number of carbonyl (C=O) groups excluding carboxylic acids is 3. The molecule has 0 radical (unpaired) electrons. The van der Waals surface area contributed by atoms with E-state index in [1.165, 1.54) is 32.5 Å². The van der Waals surface area contributed by atoms with Gasteiger partial charge in [-0.2, -0.15) is 0 Å². The van der Waals surface area contributed by atoms with Gasteiger partial charge >= 0.3 is 17.9 Å². The van der Waals surface area contributed by atoms with Crippen LogP contribution in [0, 0.1) is 0 Å². The summed E-state index contributed by atoms with van der Waals surface area (Å²) in [7, 11) is 0. The Bertz CT molecular complexity index is 594. The molecule has 0 aromatic heterocycles. The number of aliphatic imine (C=N–C) groups is 1. The summed E-state index contributed by atoms with van der Waals surface area (Å²) in [6, 6.07) is 0.387. The highest BCUT2D eigenvalue weighted by Gasteiger charge is 2.39. The Labute approximate surface area is 162 Å². The zero-order valence-electron chi connectivity index (χ0n) is 15.9. The molecule has 2 aliphatic rings. The van der Waals surface area contributed by atoms with Gasteiger partial charge in [0.1, 0.15) is 18.1 Å². The third kappa shape index (κ3) is 7.76. The maximum absolute atomic E-state index is 11.6. The maximum Gasteiger partial charge on any atom is 0.303 e. The highest BCUT2D eigenvalue weighted by atomic mass is 32.2. The van der Waals surface area contributed by atoms with E-state index in [2.05, 4.69) is 10.3 Å². The Balaban J connectivity index is 2.27. The van der Waals surface area contributed by atoms with Crippen LogP contribution < -0.4 is 5.32 Å². The number of amidine groups is 1. The molecular formula is C17H26N2O7S. The average Bonchev–Trinajstić information content (AvgIpc) is 3.35. The first kappa shape index (κ1) is 21.5. The van der Waals surface area contributed by atoms with Gasteiger partial charge in [0.2, 0.25) is 0 Å². The van der Waals surface area contributed by atoms with Crippen LogP contribution in [0.4, 0.5) is 0 Å². The van der Waals surface area contributed by atoms with Crippen molar-refractivity contribution in [2.45, 2.75) is 70.3 Å². The lowest BCUT2D eigenvalue weighted by molar-refractivity contribution is -0.184. The van der Waals surface area contributed by atoms with E-state index in [0.29, 0.717) is 11.2 Å². The monoisotopic (exact) mass is 402 g/mol. The minimum Gasteiger partial charge on any atom is -0.463 e. The molecule has 1 N–H and O–H groups in total. The summed E-state index contributed by atoms with van der Waals surface area (Å²) in [5.74, 6) is -1.58. The number of carbonyl (C=O) groups is 3. The quantitative estimate of drug-likeness (QED) is 0.531. The molecule has 0 spiro atoms. The van der Waals surface area contributed by atoms with Crippen LogP contribution in [0.1, 0.15) is 40.5 Å². The van der Waals surface area contributed by atoms with Gasteiger partial charge in [0.15, 0.2) is 17.4 Å². The second-order valence-electron chi connectivity index (χ2n) is 6.45. The predicted molar refractivity (Wildman–Crippen MR) is 98.1 cm³/mol. The van der Waals surface area contributed by atoms with Gasteiger partial charge in [0, 0.05) is 26.8 Å². The van der Waals surface area contributed by atoms with Crippen LogP contribution in [0.3, 0.4) is 0 Å². The molecule has 0 saturated heterocycles. The standard InChI is InChI=1S/C17H26N2O7S/c1-9(20)23-8-15-16(25-11(3)22)14(24-10(2)21)7-18-17(19-13-5-6-13)27-12(4)26-15/h12-16H,5-8H2,1-4H3,(H,18,19)/t12?,14-,15-,16+/m1/s1. The van der Waals surface area contributed by atoms with Gasteiger partial charge in [-0.25, -0.2) is 0 Å². The molecule has 0 amide bonds. The molecule has 1 aliphatic carbocycles. The maximum atomic E-state index is 11.6. The third-order valence-corrected chi connectivity index (χ3v) is 4.68. The van der Waals surface area contributed by atoms with Crippen LogP contribution in [0.25, 0.3) is 0 Å². The number of hydrogen-bond donors (Lipinski definition) is 1. The van der Waals surface area contributed by atoms with Crippen LogP contribution in [0.15, 0.2) is 4.99 Å². The summed E-state index contributed by atoms with van der Waals surface area (Å²) in [6.07, 6.45) is -0.479. The SMILES string of the molecule is CC(=O)OC[C@H]1OC(C)SC(NC2CC2)=NC[C@@H](OC(C)=O)[C@@H]1OC(C)=O. The van der Waals surface area contributed by atoms with Gasteiger partial charge in [-0.15, -0.1) is 0 Å². The molecule has 9 nitrogen and oxygen atoms in total. The summed E-state index contributed by atoms with van der Waals surface area (Å²) in [6.45, 7) is 5.57. The third-order valence-electron chi connectivity index (χ3n) is 3.77. The van der Waals surface area contributed by atoms with Crippen LogP contribution in [0.2, 0.25) is 0 Å². The first-order valence-corrected chi connectivity index (χ1v) is 9.73. The molecular weight excluding hydrogens is 376 g/mol. The molecule has 152 valence electrons. The van der Waals surface area contributed by atoms with E-state index in [0.717, 1.165) is 12.8 Å². The van der Waals surface area contributed by atoms with Crippen LogP contribution in [-0.2, 0) is 33.3 Å². The fraction of sp³-hybridized carbons (Fsp3) is 0.765. The Morgan fingerprint density at radius 2 is 1.81 bits per heavy atom. The van der Waals surface area contributed by atoms with Crippen molar-refractivity contribution in [2.75, 3.05) is 13.2 Å². The summed E-state index contributed by atoms with van der Waals surface area (Å²) in [4.78, 5) is 39.0. The van der Waals surface area contributed by atoms with Crippen LogP contribution >= 0.6 is 11.8 Å². The van der Waals surface area contributed by atoms with Crippen molar-refractivity contribution < 1.29 is 33.3 Å². The van der Waals surface area contributed by atoms with Crippen molar-refractivity contribution in [1.29, 1.82) is 0 Å². The summed E-state index contributed by atoms with van der Waals surface area (Å²) in [5, 5.41) is 3.99. The van der Waals surface area contributed by atoms with Crippen LogP contribution in [0.5, 0.6) is 0 Å². The topological polar surface area (TPSA) is 113 Å². The number of thioether (sulfide) groups is 1. The number of ether oxygens (including phenoxy) is 4. The summed E-state index contributed by atoms with van der Waals surface area (Å²) >= 11 is 1.38. The second kappa shape index (κ2) is 9.93. The smallest absolute Gasteiger partial charge is 0.303 e. The lowest BCUT2D eigenvalue weighted by atomic mass is 10.1. The van der Waals surface area contributed by atoms with Crippen molar-refractivity contribution in [3.05, 3.63) is 0 Å². The van der Waals surface area contributed by atoms with Crippen LogP contribution in [-0.4, -0.2) is 66.0 Å². The van der Waals surface area contributed by atoms with E-state index in [-0.39, 0.29) is 18.6 Å². The largest absolute Gasteiger partial charge is 0.463 e. The Hall–Kier alpha value is -1.81. The second-order valence-corrected chi connectivity index (χ2v) is 7.74. The van der Waals surface area contributed by atoms with Crippen molar-refractivity contribution >= 4 is 34.8 Å². The molecule has 0 aromatic carbocycles. The zero-order valence-corrected chi connectivity index (χ0v) is 16.7. The highest BCUT2D eigenvalue weighted by Crippen LogP contribution is 2.26. The number of nitrogens with zero attached hydrogens (tertiary/aromatic N) is 1. The summed E-state index contributed by atoms with van der Waals surface area (Å²) in [5.41, 5.74) is -0.357. The molecule has 1 saturated carbocycles. The van der Waals surface area contributed by atoms with Gasteiger partial charge in [-0.1, -0.05) is 11.8 Å². The van der Waals surface area contributed by atoms with Gasteiger partial charge in [0.05, 0.1) is 6.54 Å². The van der Waals surface area contributed by atoms with E-state index in [1.54, 1.807) is 0 Å². The number of esters is 3. The molecule has 1 aliphatic heterocycles. The Morgan fingerprint density at radius 3 is 2.37 bits per heavy atom. The highest BCUT2D eigenvalue weighted by molar-refractivity contribution is 8.14. The first-order valence-electron chi connectivity index (χ1n) is 8.85. The van der Waals surface area contributed by atoms with Gasteiger partial charge < -0.3 is 24.3 Å². The van der Waals surface area contributed by atoms with E-state index >= 15 is 0 Å². The molecule has 0 bridgehead atoms. The molecule has 1 unspecified atom stereocenters. The van der Waals surface area contributed by atoms with Crippen molar-refractivity contribution in [3.63, 3.8) is 0 Å². The molecule has 10 heteroatoms. The molecule has 4 atom stereocenters. The van der Waals surface area contributed by atoms with E-state index in [9.17, 15) is 14.4 Å². The van der Waals surface area contributed by atoms with E-state index in [1.807, 2.05) is 6.92 Å². The lowest BCUT2D eigenvalue weighted by Gasteiger charge is -2.31. The Morgan fingerprint density at radius 1 is 1.15 bits per heavy atom. The van der Waals surface area contributed by atoms with Gasteiger partial charge in [-0.05, 0) is 19.8 Å². The number of rotatable bonds is 5. The molecule has 1 heterocycles. The molecule has 27 heavy (non-hydrogen) atoms. The lowest BCUT2D eigenvalue weighted by Crippen LogP contribution is -2.48.